The van der Waals surface area contributed by atoms with Crippen molar-refractivity contribution >= 4 is 29.1 Å². The number of anilines is 1. The fraction of sp³-hybridized carbons (Fsp3) is 0.462. The van der Waals surface area contributed by atoms with Crippen LogP contribution in [-0.4, -0.2) is 50.1 Å². The number of piperidine rings is 1. The molecule has 1 aliphatic carbocycles. The Balaban J connectivity index is 1.36. The van der Waals surface area contributed by atoms with Crippen LogP contribution in [-0.2, 0) is 4.79 Å². The molecule has 34 heavy (non-hydrogen) atoms. The molecule has 1 aliphatic heterocycles. The first-order chi connectivity index (χ1) is 16.5. The molecule has 2 amide bonds. The van der Waals surface area contributed by atoms with Crippen molar-refractivity contribution in [2.75, 3.05) is 32.6 Å². The highest BCUT2D eigenvalue weighted by molar-refractivity contribution is 6.31. The van der Waals surface area contributed by atoms with Crippen molar-refractivity contribution in [3.8, 4) is 17.2 Å². The summed E-state index contributed by atoms with van der Waals surface area (Å²) >= 11 is 6.08. The number of nitrogens with zero attached hydrogens (tertiary/aromatic N) is 1. The lowest BCUT2D eigenvalue weighted by Gasteiger charge is -2.31. The molecule has 2 fully saturated rings. The maximum absolute atomic E-state index is 13.0. The summed E-state index contributed by atoms with van der Waals surface area (Å²) in [6, 6.07) is 10.5. The molecule has 2 aromatic carbocycles. The van der Waals surface area contributed by atoms with Gasteiger partial charge in [0.15, 0.2) is 11.5 Å². The molecule has 0 aromatic heterocycles. The summed E-state index contributed by atoms with van der Waals surface area (Å²) in [5.74, 6) is 1.44. The second-order valence-corrected chi connectivity index (χ2v) is 9.23. The normalized spacial score (nSPS) is 16.9. The Kier molecular flexibility index (Phi) is 7.83. The van der Waals surface area contributed by atoms with Crippen molar-refractivity contribution in [1.29, 1.82) is 0 Å². The van der Waals surface area contributed by atoms with Crippen molar-refractivity contribution in [2.45, 2.75) is 44.6 Å². The molecule has 0 radical (unpaired) electrons. The topological polar surface area (TPSA) is 77.1 Å². The quantitative estimate of drug-likeness (QED) is 0.584. The van der Waals surface area contributed by atoms with Crippen LogP contribution in [0.5, 0.6) is 17.2 Å². The number of ether oxygens (including phenoxy) is 3. The Labute approximate surface area is 205 Å². The molecule has 0 atom stereocenters. The van der Waals surface area contributed by atoms with Gasteiger partial charge in [0.05, 0.1) is 25.9 Å². The van der Waals surface area contributed by atoms with Crippen LogP contribution in [0.25, 0.3) is 0 Å². The van der Waals surface area contributed by atoms with Gasteiger partial charge in [-0.2, -0.15) is 0 Å². The van der Waals surface area contributed by atoms with Crippen LogP contribution >= 0.6 is 11.6 Å². The van der Waals surface area contributed by atoms with Gasteiger partial charge < -0.3 is 24.4 Å². The number of benzene rings is 2. The highest BCUT2D eigenvalue weighted by Gasteiger charge is 2.29. The molecule has 1 heterocycles. The summed E-state index contributed by atoms with van der Waals surface area (Å²) in [7, 11) is 3.14. The number of rotatable bonds is 7. The lowest BCUT2D eigenvalue weighted by molar-refractivity contribution is -0.121. The first-order valence-electron chi connectivity index (χ1n) is 11.8. The van der Waals surface area contributed by atoms with Crippen LogP contribution in [0, 0.1) is 5.92 Å². The zero-order chi connectivity index (χ0) is 24.1. The fourth-order valence-electron chi connectivity index (χ4n) is 4.64. The Morgan fingerprint density at radius 1 is 0.912 bits per heavy atom. The van der Waals surface area contributed by atoms with Crippen LogP contribution in [0.4, 0.5) is 5.69 Å². The first kappa shape index (κ1) is 24.2. The number of likely N-dealkylation sites (tertiary alicyclic amines) is 1. The molecule has 182 valence electrons. The van der Waals surface area contributed by atoms with Crippen LogP contribution < -0.4 is 19.5 Å². The average molecular weight is 487 g/mol. The van der Waals surface area contributed by atoms with Gasteiger partial charge in [-0.25, -0.2) is 0 Å². The Bertz CT molecular complexity index is 1030. The Hall–Kier alpha value is -2.93. The van der Waals surface area contributed by atoms with E-state index in [0.717, 1.165) is 12.8 Å². The number of methoxy groups -OCH3 is 2. The van der Waals surface area contributed by atoms with Crippen molar-refractivity contribution in [1.82, 2.24) is 4.90 Å². The van der Waals surface area contributed by atoms with E-state index in [9.17, 15) is 9.59 Å². The molecule has 0 bridgehead atoms. The van der Waals surface area contributed by atoms with E-state index in [1.54, 1.807) is 30.2 Å². The number of carbonyl (C=O) groups is 2. The largest absolute Gasteiger partial charge is 0.496 e. The Morgan fingerprint density at radius 3 is 2.26 bits per heavy atom. The van der Waals surface area contributed by atoms with Crippen molar-refractivity contribution in [3.63, 3.8) is 0 Å². The third-order valence-electron chi connectivity index (χ3n) is 6.57. The third-order valence-corrected chi connectivity index (χ3v) is 6.81. The summed E-state index contributed by atoms with van der Waals surface area (Å²) in [4.78, 5) is 27.7. The molecule has 1 saturated heterocycles. The van der Waals surface area contributed by atoms with E-state index in [-0.39, 0.29) is 23.8 Å². The molecule has 0 unspecified atom stereocenters. The third kappa shape index (κ3) is 5.58. The smallest absolute Gasteiger partial charge is 0.257 e. The van der Waals surface area contributed by atoms with Crippen LogP contribution in [0.1, 0.15) is 48.9 Å². The number of hydrogen-bond acceptors (Lipinski definition) is 5. The first-order valence-corrected chi connectivity index (χ1v) is 12.1. The van der Waals surface area contributed by atoms with E-state index in [4.69, 9.17) is 25.8 Å². The minimum atomic E-state index is -0.174. The predicted molar refractivity (Wildman–Crippen MR) is 131 cm³/mol. The van der Waals surface area contributed by atoms with Crippen LogP contribution in [0.15, 0.2) is 36.4 Å². The Morgan fingerprint density at radius 2 is 1.59 bits per heavy atom. The lowest BCUT2D eigenvalue weighted by atomic mass is 9.95. The summed E-state index contributed by atoms with van der Waals surface area (Å²) in [5.41, 5.74) is 1.12. The van der Waals surface area contributed by atoms with E-state index in [2.05, 4.69) is 5.32 Å². The van der Waals surface area contributed by atoms with E-state index in [1.165, 1.54) is 20.0 Å². The summed E-state index contributed by atoms with van der Waals surface area (Å²) in [5, 5.41) is 3.50. The monoisotopic (exact) mass is 486 g/mol. The molecule has 4 rings (SSSR count). The second kappa shape index (κ2) is 11.0. The minimum Gasteiger partial charge on any atom is -0.496 e. The zero-order valence-corrected chi connectivity index (χ0v) is 20.4. The SMILES string of the molecule is COc1ccc(NC(=O)C2CCN(C(=O)c3cc(Cl)ccc3OC)CC2)cc1OC1CCCC1. The minimum absolute atomic E-state index is 0.0515. The molecular formula is C26H31ClN2O5. The maximum atomic E-state index is 13.0. The standard InChI is InChI=1S/C26H31ClN2O5/c1-32-22-9-7-18(27)15-21(22)26(31)29-13-11-17(12-14-29)25(30)28-19-8-10-23(33-2)24(16-19)34-20-5-3-4-6-20/h7-10,15-17,20H,3-6,11-14H2,1-2H3,(H,28,30). The summed E-state index contributed by atoms with van der Waals surface area (Å²) in [6.07, 6.45) is 5.80. The second-order valence-electron chi connectivity index (χ2n) is 8.79. The average Bonchev–Trinajstić information content (AvgIpc) is 3.37. The molecule has 1 saturated carbocycles. The van der Waals surface area contributed by atoms with Gasteiger partial charge in [0.2, 0.25) is 5.91 Å². The van der Waals surface area contributed by atoms with Crippen LogP contribution in [0.2, 0.25) is 5.02 Å². The van der Waals surface area contributed by atoms with Gasteiger partial charge in [0.25, 0.3) is 5.91 Å². The molecule has 7 nitrogen and oxygen atoms in total. The summed E-state index contributed by atoms with van der Waals surface area (Å²) in [6.45, 7) is 0.983. The molecule has 2 aromatic rings. The van der Waals surface area contributed by atoms with Gasteiger partial charge in [-0.05, 0) is 68.9 Å². The number of amides is 2. The van der Waals surface area contributed by atoms with Gasteiger partial charge in [-0.1, -0.05) is 11.6 Å². The van der Waals surface area contributed by atoms with Crippen molar-refractivity contribution < 1.29 is 23.8 Å². The molecule has 2 aliphatic rings. The van der Waals surface area contributed by atoms with E-state index in [0.29, 0.717) is 59.5 Å². The van der Waals surface area contributed by atoms with E-state index < -0.39 is 0 Å². The highest BCUT2D eigenvalue weighted by atomic mass is 35.5. The van der Waals surface area contributed by atoms with E-state index >= 15 is 0 Å². The number of nitrogens with one attached hydrogen (secondary N) is 1. The number of halogens is 1. The fourth-order valence-corrected chi connectivity index (χ4v) is 4.81. The van der Waals surface area contributed by atoms with Crippen LogP contribution in [0.3, 0.4) is 0 Å². The van der Waals surface area contributed by atoms with Gasteiger partial charge >= 0.3 is 0 Å². The van der Waals surface area contributed by atoms with Gasteiger partial charge in [-0.3, -0.25) is 9.59 Å². The molecule has 1 N–H and O–H groups in total. The molecule has 0 spiro atoms. The lowest BCUT2D eigenvalue weighted by Crippen LogP contribution is -2.41. The molecular weight excluding hydrogens is 456 g/mol. The number of carbonyl (C=O) groups excluding carboxylic acids is 2. The number of hydrogen-bond donors (Lipinski definition) is 1. The van der Waals surface area contributed by atoms with Gasteiger partial charge in [0.1, 0.15) is 5.75 Å². The predicted octanol–water partition coefficient (Wildman–Crippen LogP) is 5.17. The van der Waals surface area contributed by atoms with Crippen molar-refractivity contribution in [3.05, 3.63) is 47.0 Å². The molecule has 8 heteroatoms. The van der Waals surface area contributed by atoms with E-state index in [1.807, 2.05) is 18.2 Å². The maximum Gasteiger partial charge on any atom is 0.257 e. The van der Waals surface area contributed by atoms with Crippen molar-refractivity contribution in [2.24, 2.45) is 5.92 Å². The highest BCUT2D eigenvalue weighted by Crippen LogP contribution is 2.34. The summed E-state index contributed by atoms with van der Waals surface area (Å²) < 4.78 is 16.9. The van der Waals surface area contributed by atoms with Gasteiger partial charge in [-0.15, -0.1) is 0 Å². The zero-order valence-electron chi connectivity index (χ0n) is 19.6. The van der Waals surface area contributed by atoms with Gasteiger partial charge in [0, 0.05) is 35.8 Å².